The average Bonchev–Trinajstić information content (AvgIpc) is 2.48. The molecule has 2 heteroatoms. The van der Waals surface area contributed by atoms with Crippen LogP contribution in [-0.4, -0.2) is 10.2 Å². The van der Waals surface area contributed by atoms with E-state index in [1.54, 1.807) is 0 Å². The van der Waals surface area contributed by atoms with Crippen LogP contribution in [0.25, 0.3) is 0 Å². The highest BCUT2D eigenvalue weighted by atomic mass is 16.3. The molecule has 0 amide bonds. The highest BCUT2D eigenvalue weighted by molar-refractivity contribution is 5.55. The lowest BCUT2D eigenvalue weighted by molar-refractivity contribution is 0.432. The molecule has 2 nitrogen and oxygen atoms in total. The van der Waals surface area contributed by atoms with E-state index in [9.17, 15) is 10.2 Å². The van der Waals surface area contributed by atoms with Crippen LogP contribution in [0.1, 0.15) is 70.6 Å². The Bertz CT molecular complexity index is 572. The van der Waals surface area contributed by atoms with Crippen LogP contribution in [0.5, 0.6) is 11.5 Å². The Morgan fingerprint density at radius 2 is 1.43 bits per heavy atom. The van der Waals surface area contributed by atoms with Gasteiger partial charge in [0.05, 0.1) is 0 Å². The number of phenols is 2. The molecule has 0 spiro atoms. The summed E-state index contributed by atoms with van der Waals surface area (Å²) in [4.78, 5) is 0. The van der Waals surface area contributed by atoms with Crippen LogP contribution < -0.4 is 0 Å². The van der Waals surface area contributed by atoms with Gasteiger partial charge < -0.3 is 10.2 Å². The summed E-state index contributed by atoms with van der Waals surface area (Å²) in [5.41, 5.74) is 4.96. The summed E-state index contributed by atoms with van der Waals surface area (Å²) < 4.78 is 0. The minimum Gasteiger partial charge on any atom is -0.507 e. The van der Waals surface area contributed by atoms with Gasteiger partial charge in [0.2, 0.25) is 0 Å². The second-order valence-corrected chi connectivity index (χ2v) is 6.80. The molecular weight excluding hydrogens is 284 g/mol. The fraction of sp³-hybridized carbons (Fsp3) is 0.524. The van der Waals surface area contributed by atoms with E-state index in [4.69, 9.17) is 0 Å². The number of rotatable bonds is 8. The molecule has 0 saturated heterocycles. The molecule has 0 bridgehead atoms. The second-order valence-electron chi connectivity index (χ2n) is 6.80. The van der Waals surface area contributed by atoms with Crippen LogP contribution in [0, 0.1) is 0 Å². The summed E-state index contributed by atoms with van der Waals surface area (Å²) in [6, 6.07) is 1.98. The maximum absolute atomic E-state index is 10.6. The zero-order valence-electron chi connectivity index (χ0n) is 15.4. The van der Waals surface area contributed by atoms with Gasteiger partial charge in [-0.25, -0.2) is 0 Å². The van der Waals surface area contributed by atoms with Gasteiger partial charge in [0.15, 0.2) is 0 Å². The molecule has 0 radical (unpaired) electrons. The Hall–Kier alpha value is -1.70. The third-order valence-electron chi connectivity index (χ3n) is 4.02. The van der Waals surface area contributed by atoms with E-state index < -0.39 is 0 Å². The zero-order valence-corrected chi connectivity index (χ0v) is 15.4. The zero-order chi connectivity index (χ0) is 17.4. The molecule has 0 unspecified atom stereocenters. The van der Waals surface area contributed by atoms with Crippen LogP contribution >= 0.6 is 0 Å². The van der Waals surface area contributed by atoms with Crippen LogP contribution in [0.15, 0.2) is 29.4 Å². The fourth-order valence-corrected chi connectivity index (χ4v) is 2.57. The van der Waals surface area contributed by atoms with Crippen molar-refractivity contribution in [2.75, 3.05) is 0 Å². The molecule has 0 aromatic heterocycles. The first kappa shape index (κ1) is 19.3. The van der Waals surface area contributed by atoms with Crippen molar-refractivity contribution in [3.63, 3.8) is 0 Å². The normalized spacial score (nSPS) is 10.5. The lowest BCUT2D eigenvalue weighted by Crippen LogP contribution is -1.97. The Kier molecular flexibility index (Phi) is 7.94. The summed E-state index contributed by atoms with van der Waals surface area (Å²) in [5.74, 6) is 0.522. The second kappa shape index (κ2) is 9.44. The van der Waals surface area contributed by atoms with Crippen molar-refractivity contribution in [3.05, 3.63) is 46.1 Å². The molecule has 0 atom stereocenters. The van der Waals surface area contributed by atoms with Crippen LogP contribution in [0.3, 0.4) is 0 Å². The number of aryl methyl sites for hydroxylation is 1. The maximum Gasteiger partial charge on any atom is 0.126 e. The first-order chi connectivity index (χ1) is 10.9. The van der Waals surface area contributed by atoms with Crippen molar-refractivity contribution in [2.45, 2.75) is 73.1 Å². The quantitative estimate of drug-likeness (QED) is 0.466. The van der Waals surface area contributed by atoms with E-state index in [0.717, 1.165) is 36.8 Å². The van der Waals surface area contributed by atoms with Crippen molar-refractivity contribution < 1.29 is 10.2 Å². The molecule has 1 aromatic carbocycles. The number of aromatic hydroxyl groups is 2. The minimum absolute atomic E-state index is 0.247. The summed E-state index contributed by atoms with van der Waals surface area (Å²) in [6.45, 7) is 10.4. The molecule has 0 aliphatic rings. The topological polar surface area (TPSA) is 40.5 Å². The van der Waals surface area contributed by atoms with Gasteiger partial charge in [-0.2, -0.15) is 0 Å². The maximum atomic E-state index is 10.6. The smallest absolute Gasteiger partial charge is 0.126 e. The number of hydrogen-bond acceptors (Lipinski definition) is 2. The van der Waals surface area contributed by atoms with Crippen molar-refractivity contribution in [3.8, 4) is 11.5 Å². The summed E-state index contributed by atoms with van der Waals surface area (Å²) >= 11 is 0. The Morgan fingerprint density at radius 3 is 2.00 bits per heavy atom. The third-order valence-corrected chi connectivity index (χ3v) is 4.02. The van der Waals surface area contributed by atoms with Crippen LogP contribution in [-0.2, 0) is 19.3 Å². The molecule has 1 rings (SSSR count). The van der Waals surface area contributed by atoms with E-state index in [0.29, 0.717) is 18.4 Å². The van der Waals surface area contributed by atoms with Gasteiger partial charge in [0.1, 0.15) is 11.5 Å². The average molecular weight is 316 g/mol. The monoisotopic (exact) mass is 316 g/mol. The van der Waals surface area contributed by atoms with Crippen molar-refractivity contribution >= 4 is 0 Å². The SMILES string of the molecule is CCCCCc1cc(CC=C(C)C)c(O)c(CC=C(C)C)c1O. The van der Waals surface area contributed by atoms with Gasteiger partial charge in [0, 0.05) is 5.56 Å². The van der Waals surface area contributed by atoms with Crippen LogP contribution in [0.2, 0.25) is 0 Å². The highest BCUT2D eigenvalue weighted by Crippen LogP contribution is 2.36. The number of hydrogen-bond donors (Lipinski definition) is 2. The largest absolute Gasteiger partial charge is 0.507 e. The summed E-state index contributed by atoms with van der Waals surface area (Å²) in [7, 11) is 0. The minimum atomic E-state index is 0.247. The molecule has 128 valence electrons. The summed E-state index contributed by atoms with van der Waals surface area (Å²) in [5, 5.41) is 21.2. The van der Waals surface area contributed by atoms with Gasteiger partial charge in [0.25, 0.3) is 0 Å². The number of unbranched alkanes of at least 4 members (excludes halogenated alkanes) is 2. The van der Waals surface area contributed by atoms with Crippen molar-refractivity contribution in [1.82, 2.24) is 0 Å². The molecule has 0 fully saturated rings. The van der Waals surface area contributed by atoms with E-state index in [1.807, 2.05) is 19.9 Å². The predicted octanol–water partition coefficient (Wildman–Crippen LogP) is 5.85. The van der Waals surface area contributed by atoms with Gasteiger partial charge in [-0.15, -0.1) is 0 Å². The molecule has 0 heterocycles. The Morgan fingerprint density at radius 1 is 0.870 bits per heavy atom. The van der Waals surface area contributed by atoms with E-state index >= 15 is 0 Å². The van der Waals surface area contributed by atoms with Crippen molar-refractivity contribution in [1.29, 1.82) is 0 Å². The molecule has 0 aliphatic heterocycles. The fourth-order valence-electron chi connectivity index (χ4n) is 2.57. The van der Waals surface area contributed by atoms with Crippen LogP contribution in [0.4, 0.5) is 0 Å². The van der Waals surface area contributed by atoms with Gasteiger partial charge in [-0.3, -0.25) is 0 Å². The van der Waals surface area contributed by atoms with Gasteiger partial charge in [-0.1, -0.05) is 43.1 Å². The van der Waals surface area contributed by atoms with E-state index in [2.05, 4.69) is 32.9 Å². The van der Waals surface area contributed by atoms with Gasteiger partial charge >= 0.3 is 0 Å². The highest BCUT2D eigenvalue weighted by Gasteiger charge is 2.16. The molecule has 1 aromatic rings. The van der Waals surface area contributed by atoms with Crippen molar-refractivity contribution in [2.24, 2.45) is 0 Å². The lowest BCUT2D eigenvalue weighted by atomic mass is 9.94. The first-order valence-electron chi connectivity index (χ1n) is 8.69. The number of allylic oxidation sites excluding steroid dienone is 4. The first-order valence-corrected chi connectivity index (χ1v) is 8.69. The molecular formula is C21H32O2. The molecule has 23 heavy (non-hydrogen) atoms. The summed E-state index contributed by atoms with van der Waals surface area (Å²) in [6.07, 6.45) is 9.70. The number of benzene rings is 1. The Balaban J connectivity index is 3.23. The van der Waals surface area contributed by atoms with Gasteiger partial charge in [-0.05, 0) is 70.6 Å². The standard InChI is InChI=1S/C21H32O2/c1-6-7-8-9-17-14-18(12-10-15(2)3)21(23)19(20(17)22)13-11-16(4)5/h10-11,14,22-23H,6-9,12-13H2,1-5H3. The van der Waals surface area contributed by atoms with E-state index in [-0.39, 0.29) is 11.5 Å². The predicted molar refractivity (Wildman–Crippen MR) is 99.3 cm³/mol. The van der Waals surface area contributed by atoms with E-state index in [1.165, 1.54) is 11.1 Å². The third kappa shape index (κ3) is 6.13. The lowest BCUT2D eigenvalue weighted by Gasteiger charge is -2.15. The molecule has 0 aliphatic carbocycles. The molecule has 0 saturated carbocycles. The molecule has 2 N–H and O–H groups in total. The Labute approximate surface area is 141 Å². The number of phenolic OH excluding ortho intramolecular Hbond substituents is 2.